The second kappa shape index (κ2) is 5.24. The first-order chi connectivity index (χ1) is 9.36. The molecular formula is C16H17N3. The van der Waals surface area contributed by atoms with E-state index in [1.54, 1.807) is 0 Å². The van der Waals surface area contributed by atoms with Crippen LogP contribution in [-0.4, -0.2) is 9.55 Å². The zero-order valence-electron chi connectivity index (χ0n) is 10.8. The molecule has 0 amide bonds. The molecular weight excluding hydrogens is 234 g/mol. The summed E-state index contributed by atoms with van der Waals surface area (Å²) in [6.07, 6.45) is 2.92. The van der Waals surface area contributed by atoms with E-state index in [-0.39, 0.29) is 0 Å². The largest absolute Gasteiger partial charge is 0.330 e. The summed E-state index contributed by atoms with van der Waals surface area (Å²) in [6, 6.07) is 16.7. The van der Waals surface area contributed by atoms with Crippen LogP contribution in [0.2, 0.25) is 0 Å². The van der Waals surface area contributed by atoms with E-state index in [2.05, 4.69) is 39.9 Å². The van der Waals surface area contributed by atoms with Gasteiger partial charge < -0.3 is 10.3 Å². The van der Waals surface area contributed by atoms with Crippen molar-refractivity contribution in [1.29, 1.82) is 0 Å². The predicted octanol–water partition coefficient (Wildman–Crippen LogP) is 2.74. The Morgan fingerprint density at radius 1 is 1.00 bits per heavy atom. The van der Waals surface area contributed by atoms with Crippen LogP contribution in [0.15, 0.2) is 54.9 Å². The first-order valence-corrected chi connectivity index (χ1v) is 6.54. The number of aryl methyl sites for hydroxylation is 2. The molecule has 19 heavy (non-hydrogen) atoms. The van der Waals surface area contributed by atoms with Crippen LogP contribution in [0, 0.1) is 0 Å². The molecule has 0 fully saturated rings. The second-order valence-corrected chi connectivity index (χ2v) is 4.70. The molecule has 0 aliphatic heterocycles. The molecule has 3 rings (SSSR count). The monoisotopic (exact) mass is 251 g/mol. The highest BCUT2D eigenvalue weighted by molar-refractivity contribution is 5.76. The van der Waals surface area contributed by atoms with Crippen molar-refractivity contribution < 1.29 is 0 Å². The van der Waals surface area contributed by atoms with Crippen molar-refractivity contribution in [2.75, 3.05) is 0 Å². The van der Waals surface area contributed by atoms with E-state index in [1.165, 1.54) is 11.1 Å². The summed E-state index contributed by atoms with van der Waals surface area (Å²) in [5.74, 6) is 0. The third-order valence-electron chi connectivity index (χ3n) is 3.41. The highest BCUT2D eigenvalue weighted by Crippen LogP contribution is 2.15. The Morgan fingerprint density at radius 3 is 2.63 bits per heavy atom. The van der Waals surface area contributed by atoms with Crippen LogP contribution in [0.3, 0.4) is 0 Å². The summed E-state index contributed by atoms with van der Waals surface area (Å²) in [5.41, 5.74) is 10.4. The van der Waals surface area contributed by atoms with Gasteiger partial charge in [0.05, 0.1) is 17.4 Å². The Morgan fingerprint density at radius 2 is 1.84 bits per heavy atom. The van der Waals surface area contributed by atoms with Gasteiger partial charge in [0.25, 0.3) is 0 Å². The molecule has 0 spiro atoms. The standard InChI is InChI=1S/C16H17N3/c17-11-14-6-7-15-16(10-14)19(12-18-15)9-8-13-4-2-1-3-5-13/h1-7,10,12H,8-9,11,17H2. The lowest BCUT2D eigenvalue weighted by Crippen LogP contribution is -2.01. The van der Waals surface area contributed by atoms with Gasteiger partial charge in [-0.05, 0) is 29.7 Å². The van der Waals surface area contributed by atoms with Crippen LogP contribution in [0.25, 0.3) is 11.0 Å². The Labute approximate surface area is 112 Å². The van der Waals surface area contributed by atoms with Crippen molar-refractivity contribution in [3.8, 4) is 0 Å². The number of aromatic nitrogens is 2. The number of hydrogen-bond donors (Lipinski definition) is 1. The van der Waals surface area contributed by atoms with Gasteiger partial charge in [-0.2, -0.15) is 0 Å². The predicted molar refractivity (Wildman–Crippen MR) is 77.8 cm³/mol. The summed E-state index contributed by atoms with van der Waals surface area (Å²) >= 11 is 0. The fraction of sp³-hybridized carbons (Fsp3) is 0.188. The van der Waals surface area contributed by atoms with Crippen LogP contribution in [0.5, 0.6) is 0 Å². The summed E-state index contributed by atoms with van der Waals surface area (Å²) in [7, 11) is 0. The average Bonchev–Trinajstić information content (AvgIpc) is 2.88. The molecule has 0 atom stereocenters. The minimum atomic E-state index is 0.569. The molecule has 96 valence electrons. The summed E-state index contributed by atoms with van der Waals surface area (Å²) in [6.45, 7) is 1.51. The maximum absolute atomic E-state index is 5.70. The van der Waals surface area contributed by atoms with Crippen molar-refractivity contribution in [1.82, 2.24) is 9.55 Å². The quantitative estimate of drug-likeness (QED) is 0.775. The van der Waals surface area contributed by atoms with Gasteiger partial charge in [-0.25, -0.2) is 4.98 Å². The lowest BCUT2D eigenvalue weighted by atomic mass is 10.1. The normalized spacial score (nSPS) is 11.0. The molecule has 1 heterocycles. The van der Waals surface area contributed by atoms with Gasteiger partial charge in [0, 0.05) is 13.1 Å². The van der Waals surface area contributed by atoms with Crippen molar-refractivity contribution in [2.45, 2.75) is 19.5 Å². The topological polar surface area (TPSA) is 43.8 Å². The molecule has 2 N–H and O–H groups in total. The van der Waals surface area contributed by atoms with E-state index in [9.17, 15) is 0 Å². The van der Waals surface area contributed by atoms with E-state index in [4.69, 9.17) is 5.73 Å². The Hall–Kier alpha value is -2.13. The second-order valence-electron chi connectivity index (χ2n) is 4.70. The van der Waals surface area contributed by atoms with Gasteiger partial charge >= 0.3 is 0 Å². The SMILES string of the molecule is NCc1ccc2ncn(CCc3ccccc3)c2c1. The van der Waals surface area contributed by atoms with Gasteiger partial charge in [-0.1, -0.05) is 36.4 Å². The number of nitrogens with zero attached hydrogens (tertiary/aromatic N) is 2. The lowest BCUT2D eigenvalue weighted by molar-refractivity contribution is 0.715. The number of rotatable bonds is 4. The molecule has 0 aliphatic rings. The van der Waals surface area contributed by atoms with E-state index >= 15 is 0 Å². The molecule has 0 saturated carbocycles. The lowest BCUT2D eigenvalue weighted by Gasteiger charge is -2.05. The highest BCUT2D eigenvalue weighted by Gasteiger charge is 2.03. The first kappa shape index (κ1) is 11.9. The van der Waals surface area contributed by atoms with E-state index < -0.39 is 0 Å². The maximum Gasteiger partial charge on any atom is 0.0958 e. The van der Waals surface area contributed by atoms with Crippen LogP contribution in [-0.2, 0) is 19.5 Å². The van der Waals surface area contributed by atoms with Crippen LogP contribution >= 0.6 is 0 Å². The summed E-state index contributed by atoms with van der Waals surface area (Å²) < 4.78 is 2.20. The zero-order chi connectivity index (χ0) is 13.1. The van der Waals surface area contributed by atoms with Crippen molar-refractivity contribution in [3.05, 3.63) is 66.0 Å². The minimum Gasteiger partial charge on any atom is -0.330 e. The molecule has 3 heteroatoms. The molecule has 0 bridgehead atoms. The number of hydrogen-bond acceptors (Lipinski definition) is 2. The van der Waals surface area contributed by atoms with Crippen LogP contribution in [0.1, 0.15) is 11.1 Å². The number of imidazole rings is 1. The van der Waals surface area contributed by atoms with Crippen molar-refractivity contribution >= 4 is 11.0 Å². The Balaban J connectivity index is 1.84. The fourth-order valence-electron chi connectivity index (χ4n) is 2.30. The van der Waals surface area contributed by atoms with Crippen LogP contribution in [0.4, 0.5) is 0 Å². The third kappa shape index (κ3) is 2.51. The van der Waals surface area contributed by atoms with Crippen molar-refractivity contribution in [3.63, 3.8) is 0 Å². The number of fused-ring (bicyclic) bond motifs is 1. The molecule has 2 aromatic carbocycles. The van der Waals surface area contributed by atoms with E-state index in [1.807, 2.05) is 24.5 Å². The van der Waals surface area contributed by atoms with Crippen molar-refractivity contribution in [2.24, 2.45) is 5.73 Å². The highest BCUT2D eigenvalue weighted by atomic mass is 15.0. The third-order valence-corrected chi connectivity index (χ3v) is 3.41. The van der Waals surface area contributed by atoms with E-state index in [0.717, 1.165) is 24.0 Å². The van der Waals surface area contributed by atoms with E-state index in [0.29, 0.717) is 6.54 Å². The van der Waals surface area contributed by atoms with Gasteiger partial charge in [0.15, 0.2) is 0 Å². The van der Waals surface area contributed by atoms with Gasteiger partial charge in [-0.15, -0.1) is 0 Å². The molecule has 0 saturated heterocycles. The number of benzene rings is 2. The summed E-state index contributed by atoms with van der Waals surface area (Å²) in [4.78, 5) is 4.43. The molecule has 1 aromatic heterocycles. The Bertz CT molecular complexity index is 671. The molecule has 0 aliphatic carbocycles. The smallest absolute Gasteiger partial charge is 0.0958 e. The molecule has 0 unspecified atom stereocenters. The van der Waals surface area contributed by atoms with Crippen LogP contribution < -0.4 is 5.73 Å². The summed E-state index contributed by atoms with van der Waals surface area (Å²) in [5, 5.41) is 0. The Kier molecular flexibility index (Phi) is 3.29. The fourth-order valence-corrected chi connectivity index (χ4v) is 2.30. The average molecular weight is 251 g/mol. The minimum absolute atomic E-state index is 0.569. The molecule has 0 radical (unpaired) electrons. The first-order valence-electron chi connectivity index (χ1n) is 6.54. The zero-order valence-corrected chi connectivity index (χ0v) is 10.8. The van der Waals surface area contributed by atoms with Gasteiger partial charge in [-0.3, -0.25) is 0 Å². The molecule has 3 aromatic rings. The maximum atomic E-state index is 5.70. The van der Waals surface area contributed by atoms with Gasteiger partial charge in [0.1, 0.15) is 0 Å². The number of nitrogens with two attached hydrogens (primary N) is 1. The molecule has 3 nitrogen and oxygen atoms in total. The van der Waals surface area contributed by atoms with Gasteiger partial charge in [0.2, 0.25) is 0 Å².